The van der Waals surface area contributed by atoms with Crippen LogP contribution in [0.1, 0.15) is 24.4 Å². The molecular weight excluding hydrogens is 493 g/mol. The number of H-pyrrole nitrogens is 1. The summed E-state index contributed by atoms with van der Waals surface area (Å²) in [7, 11) is 1.63. The van der Waals surface area contributed by atoms with Crippen molar-refractivity contribution < 1.29 is 13.9 Å². The van der Waals surface area contributed by atoms with Gasteiger partial charge >= 0.3 is 0 Å². The highest BCUT2D eigenvalue weighted by atomic mass is 19.1. The molecule has 0 aliphatic carbocycles. The molecule has 6 rings (SSSR count). The van der Waals surface area contributed by atoms with Crippen LogP contribution >= 0.6 is 0 Å². The topological polar surface area (TPSA) is 68.2 Å². The number of nitrogens with zero attached hydrogens (tertiary/aromatic N) is 4. The Morgan fingerprint density at radius 1 is 1.00 bits per heavy atom. The maximum Gasteiger partial charge on any atom is 0.131 e. The van der Waals surface area contributed by atoms with E-state index in [4.69, 9.17) is 14.6 Å². The van der Waals surface area contributed by atoms with E-state index in [2.05, 4.69) is 56.3 Å². The van der Waals surface area contributed by atoms with Crippen molar-refractivity contribution in [3.63, 3.8) is 0 Å². The Balaban J connectivity index is 1.19. The smallest absolute Gasteiger partial charge is 0.131 e. The van der Waals surface area contributed by atoms with E-state index in [-0.39, 0.29) is 11.9 Å². The van der Waals surface area contributed by atoms with Gasteiger partial charge in [-0.05, 0) is 49.2 Å². The van der Waals surface area contributed by atoms with Gasteiger partial charge in [0.2, 0.25) is 0 Å². The number of piperidine rings is 1. The second-order valence-electron chi connectivity index (χ2n) is 10.00. The highest BCUT2D eigenvalue weighted by Gasteiger charge is 2.24. The van der Waals surface area contributed by atoms with Gasteiger partial charge < -0.3 is 9.47 Å². The zero-order valence-electron chi connectivity index (χ0n) is 22.0. The van der Waals surface area contributed by atoms with Crippen LogP contribution in [0, 0.1) is 5.82 Å². The van der Waals surface area contributed by atoms with Crippen LogP contribution in [-0.2, 0) is 11.3 Å². The number of hydrogen-bond acceptors (Lipinski definition) is 5. The molecule has 8 heteroatoms. The van der Waals surface area contributed by atoms with Crippen molar-refractivity contribution in [2.24, 2.45) is 0 Å². The number of rotatable bonds is 9. The van der Waals surface area contributed by atoms with E-state index >= 15 is 0 Å². The summed E-state index contributed by atoms with van der Waals surface area (Å²) >= 11 is 0. The third-order valence-corrected chi connectivity index (χ3v) is 7.40. The van der Waals surface area contributed by atoms with Gasteiger partial charge in [0, 0.05) is 48.5 Å². The Bertz CT molecular complexity index is 1550. The number of aromatic amines is 1. The summed E-state index contributed by atoms with van der Waals surface area (Å²) < 4.78 is 27.7. The number of ether oxygens (including phenoxy) is 2. The quantitative estimate of drug-likeness (QED) is 0.236. The molecule has 1 aliphatic heterocycles. The van der Waals surface area contributed by atoms with Crippen LogP contribution in [0.3, 0.4) is 0 Å². The molecule has 5 aromatic rings. The highest BCUT2D eigenvalue weighted by molar-refractivity contribution is 5.95. The molecule has 7 nitrogen and oxygen atoms in total. The Labute approximate surface area is 227 Å². The summed E-state index contributed by atoms with van der Waals surface area (Å²) in [6, 6.07) is 21.8. The lowest BCUT2D eigenvalue weighted by Gasteiger charge is -2.33. The minimum absolute atomic E-state index is 0.217. The van der Waals surface area contributed by atoms with Gasteiger partial charge in [-0.1, -0.05) is 42.5 Å². The van der Waals surface area contributed by atoms with Gasteiger partial charge in [-0.3, -0.25) is 14.7 Å². The minimum atomic E-state index is -0.238. The second kappa shape index (κ2) is 11.4. The van der Waals surface area contributed by atoms with Crippen LogP contribution in [0.2, 0.25) is 0 Å². The van der Waals surface area contributed by atoms with E-state index in [0.29, 0.717) is 31.1 Å². The van der Waals surface area contributed by atoms with Crippen molar-refractivity contribution in [2.45, 2.75) is 25.4 Å². The van der Waals surface area contributed by atoms with Crippen molar-refractivity contribution in [1.29, 1.82) is 0 Å². The van der Waals surface area contributed by atoms with E-state index in [9.17, 15) is 4.39 Å². The third-order valence-electron chi connectivity index (χ3n) is 7.40. The summed E-state index contributed by atoms with van der Waals surface area (Å²) in [5, 5.41) is 13.5. The standard InChI is InChI=1S/C31H32FN5O2/c1-38-15-16-39-30-11-5-10-28(32)27(30)21-36-14-6-9-25(20-36)37-19-24(18-33-37)23-12-13-29-26(17-23)31(35-34-29)22-7-3-2-4-8-22/h2-5,7-8,10-13,17-19,25H,6,9,14-16,20-21H2,1H3,(H,34,35). The molecular formula is C31H32FN5O2. The fourth-order valence-corrected chi connectivity index (χ4v) is 5.37. The largest absolute Gasteiger partial charge is 0.491 e. The first kappa shape index (κ1) is 25.3. The second-order valence-corrected chi connectivity index (χ2v) is 10.00. The van der Waals surface area contributed by atoms with Gasteiger partial charge in [0.05, 0.1) is 30.1 Å². The van der Waals surface area contributed by atoms with E-state index in [1.165, 1.54) is 6.07 Å². The van der Waals surface area contributed by atoms with Crippen LogP contribution in [0.5, 0.6) is 5.75 Å². The molecule has 39 heavy (non-hydrogen) atoms. The van der Waals surface area contributed by atoms with Gasteiger partial charge in [0.25, 0.3) is 0 Å². The van der Waals surface area contributed by atoms with Crippen LogP contribution in [-0.4, -0.2) is 58.3 Å². The van der Waals surface area contributed by atoms with Gasteiger partial charge in [-0.25, -0.2) is 4.39 Å². The molecule has 0 amide bonds. The van der Waals surface area contributed by atoms with E-state index < -0.39 is 0 Å². The van der Waals surface area contributed by atoms with E-state index in [0.717, 1.165) is 59.2 Å². The number of likely N-dealkylation sites (tertiary alicyclic amines) is 1. The molecule has 1 N–H and O–H groups in total. The van der Waals surface area contributed by atoms with Gasteiger partial charge in [-0.2, -0.15) is 10.2 Å². The zero-order chi connectivity index (χ0) is 26.6. The maximum atomic E-state index is 14.8. The highest BCUT2D eigenvalue weighted by Crippen LogP contribution is 2.32. The molecule has 0 bridgehead atoms. The molecule has 0 spiro atoms. The fourth-order valence-electron chi connectivity index (χ4n) is 5.37. The molecule has 1 saturated heterocycles. The van der Waals surface area contributed by atoms with Crippen molar-refractivity contribution in [2.75, 3.05) is 33.4 Å². The molecule has 3 heterocycles. The number of methoxy groups -OCH3 is 1. The van der Waals surface area contributed by atoms with E-state index in [1.807, 2.05) is 30.5 Å². The maximum absolute atomic E-state index is 14.8. The fraction of sp³-hybridized carbons (Fsp3) is 0.290. The molecule has 1 unspecified atom stereocenters. The SMILES string of the molecule is COCCOc1cccc(F)c1CN1CCCC(n2cc(-c3ccc4[nH]nc(-c5ccccc5)c4c3)cn2)C1. The normalized spacial score (nSPS) is 16.1. The Morgan fingerprint density at radius 3 is 2.77 bits per heavy atom. The van der Waals surface area contributed by atoms with Crippen molar-refractivity contribution in [3.05, 3.63) is 90.5 Å². The molecule has 0 saturated carbocycles. The summed E-state index contributed by atoms with van der Waals surface area (Å²) in [4.78, 5) is 2.29. The van der Waals surface area contributed by atoms with Crippen LogP contribution in [0.4, 0.5) is 4.39 Å². The average molecular weight is 526 g/mol. The summed E-state index contributed by atoms with van der Waals surface area (Å²) in [5.74, 6) is 0.345. The molecule has 2 aromatic heterocycles. The van der Waals surface area contributed by atoms with Crippen molar-refractivity contribution >= 4 is 10.9 Å². The van der Waals surface area contributed by atoms with Gasteiger partial charge in [0.1, 0.15) is 18.2 Å². The Kier molecular flexibility index (Phi) is 7.38. The number of fused-ring (bicyclic) bond motifs is 1. The van der Waals surface area contributed by atoms with E-state index in [1.54, 1.807) is 13.2 Å². The first-order valence-electron chi connectivity index (χ1n) is 13.4. The summed E-state index contributed by atoms with van der Waals surface area (Å²) in [6.45, 7) is 3.06. The van der Waals surface area contributed by atoms with Gasteiger partial charge in [-0.15, -0.1) is 0 Å². The lowest BCUT2D eigenvalue weighted by atomic mass is 10.0. The zero-order valence-corrected chi connectivity index (χ0v) is 22.0. The first-order valence-corrected chi connectivity index (χ1v) is 13.4. The first-order chi connectivity index (χ1) is 19.2. The van der Waals surface area contributed by atoms with Crippen LogP contribution in [0.25, 0.3) is 33.3 Å². The Hall–Kier alpha value is -4.01. The number of nitrogens with one attached hydrogen (secondary N) is 1. The van der Waals surface area contributed by atoms with Crippen LogP contribution in [0.15, 0.2) is 79.1 Å². The monoisotopic (exact) mass is 525 g/mol. The number of benzene rings is 3. The molecule has 3 aromatic carbocycles. The third kappa shape index (κ3) is 5.44. The predicted molar refractivity (Wildman–Crippen MR) is 150 cm³/mol. The number of hydrogen-bond donors (Lipinski definition) is 1. The number of aromatic nitrogens is 4. The van der Waals surface area contributed by atoms with Crippen LogP contribution < -0.4 is 4.74 Å². The summed E-state index contributed by atoms with van der Waals surface area (Å²) in [5.41, 5.74) is 5.80. The molecule has 1 fully saturated rings. The summed E-state index contributed by atoms with van der Waals surface area (Å²) in [6.07, 6.45) is 6.11. The number of halogens is 1. The lowest BCUT2D eigenvalue weighted by Crippen LogP contribution is -2.36. The average Bonchev–Trinajstić information content (AvgIpc) is 3.63. The predicted octanol–water partition coefficient (Wildman–Crippen LogP) is 6.09. The van der Waals surface area contributed by atoms with Crippen molar-refractivity contribution in [1.82, 2.24) is 24.9 Å². The minimum Gasteiger partial charge on any atom is -0.491 e. The molecule has 0 radical (unpaired) electrons. The molecule has 1 aliphatic rings. The lowest BCUT2D eigenvalue weighted by molar-refractivity contribution is 0.140. The molecule has 200 valence electrons. The van der Waals surface area contributed by atoms with Gasteiger partial charge in [0.15, 0.2) is 0 Å². The van der Waals surface area contributed by atoms with Crippen molar-refractivity contribution in [3.8, 4) is 28.1 Å². The molecule has 1 atom stereocenters. The Morgan fingerprint density at radius 2 is 1.90 bits per heavy atom.